The Hall–Kier alpha value is -2.11. The third-order valence-corrected chi connectivity index (χ3v) is 6.82. The van der Waals surface area contributed by atoms with E-state index in [1.54, 1.807) is 17.0 Å². The van der Waals surface area contributed by atoms with E-state index < -0.39 is 9.84 Å². The van der Waals surface area contributed by atoms with E-state index in [0.29, 0.717) is 24.4 Å². The van der Waals surface area contributed by atoms with Crippen molar-refractivity contribution in [2.24, 2.45) is 0 Å². The second-order valence-electron chi connectivity index (χ2n) is 6.68. The molecule has 1 aliphatic heterocycles. The average Bonchev–Trinajstić information content (AvgIpc) is 3.01. The lowest BCUT2D eigenvalue weighted by atomic mass is 10.1. The summed E-state index contributed by atoms with van der Waals surface area (Å²) < 4.78 is 23.8. The highest BCUT2D eigenvalue weighted by Crippen LogP contribution is 2.20. The maximum atomic E-state index is 12.8. The van der Waals surface area contributed by atoms with Crippen LogP contribution in [0.1, 0.15) is 17.5 Å². The Kier molecular flexibility index (Phi) is 6.34. The molecule has 2 aromatic rings. The number of rotatable bonds is 6. The fourth-order valence-corrected chi connectivity index (χ4v) is 5.18. The molecule has 1 fully saturated rings. The normalized spacial score (nSPS) is 18.6. The van der Waals surface area contributed by atoms with Gasteiger partial charge in [0.25, 0.3) is 0 Å². The van der Waals surface area contributed by atoms with Crippen LogP contribution in [0.3, 0.4) is 0 Å². The molecule has 1 saturated heterocycles. The summed E-state index contributed by atoms with van der Waals surface area (Å²) in [5.41, 5.74) is 1.88. The number of sulfone groups is 1. The molecule has 27 heavy (non-hydrogen) atoms. The minimum absolute atomic E-state index is 0.0352. The van der Waals surface area contributed by atoms with Crippen molar-refractivity contribution in [1.82, 2.24) is 4.90 Å². The van der Waals surface area contributed by atoms with Crippen molar-refractivity contribution in [2.45, 2.75) is 18.9 Å². The summed E-state index contributed by atoms with van der Waals surface area (Å²) in [5, 5.41) is 0.570. The molecular weight excluding hydrogens is 382 g/mol. The third-order valence-electron chi connectivity index (χ3n) is 4.73. The van der Waals surface area contributed by atoms with Crippen molar-refractivity contribution < 1.29 is 13.2 Å². The minimum Gasteiger partial charge on any atom is -0.335 e. The van der Waals surface area contributed by atoms with Gasteiger partial charge in [-0.1, -0.05) is 60.1 Å². The topological polar surface area (TPSA) is 54.5 Å². The molecule has 0 radical (unpaired) electrons. The van der Waals surface area contributed by atoms with E-state index in [4.69, 9.17) is 11.6 Å². The van der Waals surface area contributed by atoms with Gasteiger partial charge in [-0.15, -0.1) is 0 Å². The Morgan fingerprint density at radius 2 is 1.81 bits per heavy atom. The summed E-state index contributed by atoms with van der Waals surface area (Å²) >= 11 is 6.14. The maximum Gasteiger partial charge on any atom is 0.246 e. The fourth-order valence-electron chi connectivity index (χ4n) is 3.26. The highest BCUT2D eigenvalue weighted by molar-refractivity contribution is 7.91. The molecule has 142 valence electrons. The summed E-state index contributed by atoms with van der Waals surface area (Å²) in [6.07, 6.45) is 4.34. The molecule has 0 aliphatic carbocycles. The molecule has 0 unspecified atom stereocenters. The largest absolute Gasteiger partial charge is 0.335 e. The monoisotopic (exact) mass is 403 g/mol. The van der Waals surface area contributed by atoms with Gasteiger partial charge in [-0.25, -0.2) is 8.42 Å². The van der Waals surface area contributed by atoms with Crippen LogP contribution in [0.25, 0.3) is 6.08 Å². The summed E-state index contributed by atoms with van der Waals surface area (Å²) in [6.45, 7) is 0.482. The van der Waals surface area contributed by atoms with Crippen molar-refractivity contribution in [1.29, 1.82) is 0 Å². The lowest BCUT2D eigenvalue weighted by Crippen LogP contribution is -2.41. The quantitative estimate of drug-likeness (QED) is 0.692. The number of benzene rings is 2. The molecule has 1 atom stereocenters. The standard InChI is InChI=1S/C21H22ClNO3S/c22-20-9-5-4-8-18(20)10-11-21(24)23(19-13-15-27(25,26)16-19)14-12-17-6-2-1-3-7-17/h1-11,19H,12-16H2/b11-10+/t19-/m1/s1. The van der Waals surface area contributed by atoms with Crippen molar-refractivity contribution in [3.8, 4) is 0 Å². The third kappa shape index (κ3) is 5.44. The zero-order valence-corrected chi connectivity index (χ0v) is 16.5. The van der Waals surface area contributed by atoms with Crippen LogP contribution in [-0.2, 0) is 21.1 Å². The lowest BCUT2D eigenvalue weighted by molar-refractivity contribution is -0.127. The first kappa shape index (κ1) is 19.6. The maximum absolute atomic E-state index is 12.8. The molecule has 6 heteroatoms. The van der Waals surface area contributed by atoms with Gasteiger partial charge in [0.1, 0.15) is 0 Å². The van der Waals surface area contributed by atoms with Crippen LogP contribution in [0.15, 0.2) is 60.7 Å². The second-order valence-corrected chi connectivity index (χ2v) is 9.31. The summed E-state index contributed by atoms with van der Waals surface area (Å²) in [5.74, 6) is -0.0120. The Bertz CT molecular complexity index is 925. The van der Waals surface area contributed by atoms with E-state index in [-0.39, 0.29) is 23.5 Å². The Labute approximate surface area is 165 Å². The molecule has 0 N–H and O–H groups in total. The predicted octanol–water partition coefficient (Wildman–Crippen LogP) is 3.61. The first-order chi connectivity index (χ1) is 12.9. The molecule has 0 saturated carbocycles. The number of hydrogen-bond acceptors (Lipinski definition) is 3. The average molecular weight is 404 g/mol. The van der Waals surface area contributed by atoms with Crippen LogP contribution in [-0.4, -0.2) is 43.3 Å². The van der Waals surface area contributed by atoms with Crippen molar-refractivity contribution >= 4 is 33.4 Å². The Morgan fingerprint density at radius 1 is 1.11 bits per heavy atom. The van der Waals surface area contributed by atoms with E-state index >= 15 is 0 Å². The SMILES string of the molecule is O=C(/C=C/c1ccccc1Cl)N(CCc1ccccc1)[C@@H]1CCS(=O)(=O)C1. The van der Waals surface area contributed by atoms with Crippen LogP contribution in [0.5, 0.6) is 0 Å². The predicted molar refractivity (Wildman–Crippen MR) is 109 cm³/mol. The second kappa shape index (κ2) is 8.72. The van der Waals surface area contributed by atoms with Crippen molar-refractivity contribution in [3.63, 3.8) is 0 Å². The molecule has 1 amide bonds. The van der Waals surface area contributed by atoms with Gasteiger partial charge in [-0.3, -0.25) is 4.79 Å². The lowest BCUT2D eigenvalue weighted by Gasteiger charge is -2.27. The molecular formula is C21H22ClNO3S. The van der Waals surface area contributed by atoms with Crippen LogP contribution in [0.4, 0.5) is 0 Å². The van der Waals surface area contributed by atoms with Gasteiger partial charge in [-0.2, -0.15) is 0 Å². The van der Waals surface area contributed by atoms with Gasteiger partial charge in [0.05, 0.1) is 11.5 Å². The molecule has 0 bridgehead atoms. The van der Waals surface area contributed by atoms with Crippen molar-refractivity contribution in [3.05, 3.63) is 76.8 Å². The molecule has 3 rings (SSSR count). The summed E-state index contributed by atoms with van der Waals surface area (Å²) in [6, 6.07) is 16.9. The van der Waals surface area contributed by atoms with Crippen LogP contribution in [0, 0.1) is 0 Å². The molecule has 0 aromatic heterocycles. The van der Waals surface area contributed by atoms with Crippen LogP contribution >= 0.6 is 11.6 Å². The van der Waals surface area contributed by atoms with Gasteiger partial charge < -0.3 is 4.90 Å². The van der Waals surface area contributed by atoms with Crippen LogP contribution in [0.2, 0.25) is 5.02 Å². The Balaban J connectivity index is 1.76. The summed E-state index contributed by atoms with van der Waals surface area (Å²) in [7, 11) is -3.07. The van der Waals surface area contributed by atoms with Gasteiger partial charge in [-0.05, 0) is 36.1 Å². The van der Waals surface area contributed by atoms with Gasteiger partial charge in [0, 0.05) is 23.7 Å². The molecule has 4 nitrogen and oxygen atoms in total. The van der Waals surface area contributed by atoms with E-state index in [0.717, 1.165) is 11.1 Å². The molecule has 1 aliphatic rings. The van der Waals surface area contributed by atoms with Gasteiger partial charge >= 0.3 is 0 Å². The first-order valence-corrected chi connectivity index (χ1v) is 11.1. The smallest absolute Gasteiger partial charge is 0.246 e. The zero-order valence-electron chi connectivity index (χ0n) is 14.9. The molecule has 0 spiro atoms. The highest BCUT2D eigenvalue weighted by atomic mass is 35.5. The molecule has 2 aromatic carbocycles. The number of carbonyl (C=O) groups is 1. The van der Waals surface area contributed by atoms with Crippen molar-refractivity contribution in [2.75, 3.05) is 18.1 Å². The number of halogens is 1. The van der Waals surface area contributed by atoms with Gasteiger partial charge in [0.2, 0.25) is 5.91 Å². The van der Waals surface area contributed by atoms with Crippen LogP contribution < -0.4 is 0 Å². The fraction of sp³-hybridized carbons (Fsp3) is 0.286. The minimum atomic E-state index is -3.07. The number of hydrogen-bond donors (Lipinski definition) is 0. The van der Waals surface area contributed by atoms with E-state index in [2.05, 4.69) is 0 Å². The molecule has 1 heterocycles. The van der Waals surface area contributed by atoms with E-state index in [1.807, 2.05) is 48.5 Å². The zero-order chi connectivity index (χ0) is 19.3. The summed E-state index contributed by atoms with van der Waals surface area (Å²) in [4.78, 5) is 14.5. The van der Waals surface area contributed by atoms with E-state index in [1.165, 1.54) is 6.08 Å². The number of carbonyl (C=O) groups excluding carboxylic acids is 1. The Morgan fingerprint density at radius 3 is 2.48 bits per heavy atom. The van der Waals surface area contributed by atoms with E-state index in [9.17, 15) is 13.2 Å². The number of nitrogens with zero attached hydrogens (tertiary/aromatic N) is 1. The number of amides is 1. The highest BCUT2D eigenvalue weighted by Gasteiger charge is 2.33. The first-order valence-electron chi connectivity index (χ1n) is 8.92. The van der Waals surface area contributed by atoms with Gasteiger partial charge in [0.15, 0.2) is 9.84 Å².